The Kier molecular flexibility index (Phi) is 52.0. The van der Waals surface area contributed by atoms with Gasteiger partial charge in [0.2, 0.25) is 0 Å². The van der Waals surface area contributed by atoms with Crippen molar-refractivity contribution in [2.24, 2.45) is 23.7 Å². The van der Waals surface area contributed by atoms with E-state index in [1.165, 1.54) is 62.7 Å². The standard InChI is InChI=1S/4C6H12N.H3NO3.2H2NO2.2Ni/c4*1-6-2-4-7-5-3-6;2-1(3)4;2*2-1-3;;/h4*6H,2-5H2,1H3;2-4H;2*2-3H;;/q4*-1;;2*-1;2*+3. The van der Waals surface area contributed by atoms with Crippen LogP contribution in [0.4, 0.5) is 0 Å². The molecule has 4 heterocycles. The summed E-state index contributed by atoms with van der Waals surface area (Å²) in [7, 11) is 0. The van der Waals surface area contributed by atoms with Gasteiger partial charge in [-0.1, -0.05) is 79.1 Å². The van der Waals surface area contributed by atoms with Crippen LogP contribution in [0.15, 0.2) is 0 Å². The van der Waals surface area contributed by atoms with E-state index in [0.717, 1.165) is 76.0 Å². The van der Waals surface area contributed by atoms with Crippen molar-refractivity contribution in [2.45, 2.75) is 79.1 Å². The molecule has 40 heavy (non-hydrogen) atoms. The van der Waals surface area contributed by atoms with E-state index in [-0.39, 0.29) is 33.0 Å². The van der Waals surface area contributed by atoms with Gasteiger partial charge in [0.05, 0.1) is 5.39 Å². The second-order valence-electron chi connectivity index (χ2n) is 9.86. The van der Waals surface area contributed by atoms with E-state index in [1.54, 1.807) is 0 Å². The Bertz CT molecular complexity index is 352. The van der Waals surface area contributed by atoms with Gasteiger partial charge in [-0.2, -0.15) is 0 Å². The molecular formula is C24H55N7Ni2O7. The van der Waals surface area contributed by atoms with Crippen molar-refractivity contribution in [3.8, 4) is 0 Å². The SMILES string of the molecule is CC1CC[N-]CC1.CC1CC[N-]CC1.CC1CC[N-]CC1.CC1CC[N-]CC1.ON(O)O.O[N-]O.O[N-]O.[Ni+3].[Ni+3]. The molecule has 4 rings (SSSR count). The average molecular weight is 671 g/mol. The Hall–Kier alpha value is 0.427. The molecule has 16 heteroatoms. The maximum atomic E-state index is 7.00. The zero-order chi connectivity index (χ0) is 29.4. The zero-order valence-corrected chi connectivity index (χ0v) is 26.5. The molecular weight excluding hydrogens is 616 g/mol. The summed E-state index contributed by atoms with van der Waals surface area (Å²) >= 11 is 0. The largest absolute Gasteiger partial charge is 3.00 e. The van der Waals surface area contributed by atoms with E-state index in [4.69, 9.17) is 36.5 Å². The van der Waals surface area contributed by atoms with Crippen molar-refractivity contribution in [1.29, 1.82) is 0 Å². The molecule has 0 bridgehead atoms. The van der Waals surface area contributed by atoms with E-state index >= 15 is 0 Å². The summed E-state index contributed by atoms with van der Waals surface area (Å²) in [5.74, 6) is 3.77. The third-order valence-electron chi connectivity index (χ3n) is 6.24. The minimum Gasteiger partial charge on any atom is -0.662 e. The molecule has 7 N–H and O–H groups in total. The van der Waals surface area contributed by atoms with Crippen LogP contribution in [0.1, 0.15) is 79.1 Å². The van der Waals surface area contributed by atoms with E-state index in [1.807, 2.05) is 0 Å². The van der Waals surface area contributed by atoms with Gasteiger partial charge in [0.1, 0.15) is 0 Å². The van der Waals surface area contributed by atoms with Crippen LogP contribution >= 0.6 is 0 Å². The summed E-state index contributed by atoms with van der Waals surface area (Å²) in [5, 5.41) is 63.9. The number of hydrogen-bond acceptors (Lipinski definition) is 8. The molecule has 4 saturated heterocycles. The molecule has 14 nitrogen and oxygen atoms in total. The molecule has 0 amide bonds. The number of rotatable bonds is 0. The maximum Gasteiger partial charge on any atom is 3.00 e. The Morgan fingerprint density at radius 1 is 0.425 bits per heavy atom. The van der Waals surface area contributed by atoms with Crippen LogP contribution in [-0.4, -0.2) is 94.2 Å². The minimum atomic E-state index is -1.00. The van der Waals surface area contributed by atoms with Crippen molar-refractivity contribution in [1.82, 2.24) is 5.39 Å². The van der Waals surface area contributed by atoms with E-state index in [2.05, 4.69) is 49.0 Å². The Labute approximate surface area is 262 Å². The molecule has 0 spiro atoms. The first-order chi connectivity index (χ1) is 18.1. The quantitative estimate of drug-likeness (QED) is 0.106. The van der Waals surface area contributed by atoms with Gasteiger partial charge >= 0.3 is 33.0 Å². The molecule has 4 aliphatic heterocycles. The fourth-order valence-corrected chi connectivity index (χ4v) is 3.52. The van der Waals surface area contributed by atoms with Gasteiger partial charge in [0.15, 0.2) is 0 Å². The zero-order valence-electron chi connectivity index (χ0n) is 24.5. The van der Waals surface area contributed by atoms with E-state index in [0.29, 0.717) is 0 Å². The molecule has 4 fully saturated rings. The second kappa shape index (κ2) is 41.6. The summed E-state index contributed by atoms with van der Waals surface area (Å²) in [6.45, 7) is 18.1. The van der Waals surface area contributed by atoms with Gasteiger partial charge in [-0.3, -0.25) is 15.6 Å². The molecule has 2 radical (unpaired) electrons. The van der Waals surface area contributed by atoms with Gasteiger partial charge in [-0.25, -0.2) is 0 Å². The van der Waals surface area contributed by atoms with Crippen LogP contribution in [0.25, 0.3) is 32.6 Å². The van der Waals surface area contributed by atoms with E-state index in [9.17, 15) is 0 Å². The predicted molar refractivity (Wildman–Crippen MR) is 147 cm³/mol. The Morgan fingerprint density at radius 2 is 0.525 bits per heavy atom. The number of hydrogen-bond donors (Lipinski definition) is 7. The molecule has 0 unspecified atom stereocenters. The van der Waals surface area contributed by atoms with Gasteiger partial charge in [0, 0.05) is 0 Å². The summed E-state index contributed by atoms with van der Waals surface area (Å²) < 4.78 is 0. The fourth-order valence-electron chi connectivity index (χ4n) is 3.52. The first-order valence-electron chi connectivity index (χ1n) is 13.5. The fraction of sp³-hybridized carbons (Fsp3) is 1.00. The molecule has 0 aromatic rings. The molecule has 0 aliphatic carbocycles. The monoisotopic (exact) mass is 669 g/mol. The molecule has 0 atom stereocenters. The molecule has 0 saturated carbocycles. The normalized spacial score (nSPS) is 19.5. The number of nitrogens with zero attached hydrogens (tertiary/aromatic N) is 7. The summed E-state index contributed by atoms with van der Waals surface area (Å²) in [6.07, 6.45) is 10.6. The van der Waals surface area contributed by atoms with Crippen LogP contribution in [0.3, 0.4) is 0 Å². The van der Waals surface area contributed by atoms with Crippen LogP contribution < -0.4 is 0 Å². The van der Waals surface area contributed by atoms with Gasteiger partial charge in [0.25, 0.3) is 0 Å². The summed E-state index contributed by atoms with van der Waals surface area (Å²) in [5.41, 5.74) is 3.00. The van der Waals surface area contributed by atoms with Gasteiger partial charge < -0.3 is 53.4 Å². The maximum absolute atomic E-state index is 7.00. The molecule has 4 aliphatic rings. The van der Waals surface area contributed by atoms with Gasteiger partial charge in [-0.05, 0) is 23.7 Å². The van der Waals surface area contributed by atoms with Crippen LogP contribution in [0, 0.1) is 23.7 Å². The minimum absolute atomic E-state index is 0. The van der Waals surface area contributed by atoms with Gasteiger partial charge in [-0.15, -0.1) is 52.4 Å². The second-order valence-corrected chi connectivity index (χ2v) is 9.86. The smallest absolute Gasteiger partial charge is 0.662 e. The first-order valence-corrected chi connectivity index (χ1v) is 13.5. The molecule has 0 aromatic heterocycles. The van der Waals surface area contributed by atoms with Crippen molar-refractivity contribution in [3.05, 3.63) is 32.6 Å². The van der Waals surface area contributed by atoms with Crippen molar-refractivity contribution in [3.63, 3.8) is 0 Å². The van der Waals surface area contributed by atoms with Crippen molar-refractivity contribution < 1.29 is 69.4 Å². The van der Waals surface area contributed by atoms with Crippen LogP contribution in [-0.2, 0) is 33.0 Å². The molecule has 248 valence electrons. The third-order valence-corrected chi connectivity index (χ3v) is 6.24. The van der Waals surface area contributed by atoms with Crippen LogP contribution in [0.5, 0.6) is 0 Å². The van der Waals surface area contributed by atoms with E-state index < -0.39 is 5.39 Å². The number of piperidine rings is 4. The van der Waals surface area contributed by atoms with Crippen molar-refractivity contribution in [2.75, 3.05) is 52.4 Å². The first kappa shape index (κ1) is 50.1. The topological polar surface area (TPSA) is 229 Å². The summed E-state index contributed by atoms with van der Waals surface area (Å²) in [6, 6.07) is 0. The van der Waals surface area contributed by atoms with Crippen molar-refractivity contribution >= 4 is 0 Å². The average Bonchev–Trinajstić information content (AvgIpc) is 2.88. The molecule has 0 aromatic carbocycles. The Morgan fingerprint density at radius 3 is 0.575 bits per heavy atom. The third kappa shape index (κ3) is 51.2. The summed E-state index contributed by atoms with van der Waals surface area (Å²) in [4.78, 5) is 0. The predicted octanol–water partition coefficient (Wildman–Crippen LogP) is 6.89. The Balaban J connectivity index is -0.000000121. The van der Waals surface area contributed by atoms with Crippen LogP contribution in [0.2, 0.25) is 0 Å².